The van der Waals surface area contributed by atoms with E-state index in [2.05, 4.69) is 41.3 Å². The minimum Gasteiger partial charge on any atom is -0.356 e. The Balaban J connectivity index is 0.00000400. The summed E-state index contributed by atoms with van der Waals surface area (Å²) in [5, 5.41) is 6.78. The Morgan fingerprint density at radius 3 is 2.57 bits per heavy atom. The third-order valence-corrected chi connectivity index (χ3v) is 4.09. The summed E-state index contributed by atoms with van der Waals surface area (Å²) in [5.41, 5.74) is 0. The number of hydrogen-bond acceptors (Lipinski definition) is 2. The lowest BCUT2D eigenvalue weighted by Crippen LogP contribution is -2.41. The molecule has 0 radical (unpaired) electrons. The molecule has 0 aromatic carbocycles. The molecule has 1 saturated heterocycles. The molecule has 0 aliphatic carbocycles. The van der Waals surface area contributed by atoms with Gasteiger partial charge >= 0.3 is 0 Å². The number of nitrogens with one attached hydrogen (secondary N) is 2. The zero-order valence-electron chi connectivity index (χ0n) is 14.3. The minimum absolute atomic E-state index is 0. The van der Waals surface area contributed by atoms with Gasteiger partial charge in [0.05, 0.1) is 0 Å². The van der Waals surface area contributed by atoms with E-state index in [1.807, 2.05) is 7.05 Å². The first-order chi connectivity index (χ1) is 9.63. The fraction of sp³-hybridized carbons (Fsp3) is 0.938. The second kappa shape index (κ2) is 12.5. The molecule has 1 atom stereocenters. The van der Waals surface area contributed by atoms with Crippen molar-refractivity contribution in [2.75, 3.05) is 33.2 Å². The first-order valence-corrected chi connectivity index (χ1v) is 8.32. The first-order valence-electron chi connectivity index (χ1n) is 8.32. The quantitative estimate of drug-likeness (QED) is 0.293. The van der Waals surface area contributed by atoms with Gasteiger partial charge in [-0.1, -0.05) is 20.3 Å². The van der Waals surface area contributed by atoms with Gasteiger partial charge in [-0.3, -0.25) is 4.99 Å². The van der Waals surface area contributed by atoms with E-state index in [1.165, 1.54) is 45.2 Å². The van der Waals surface area contributed by atoms with E-state index < -0.39 is 0 Å². The Morgan fingerprint density at radius 2 is 1.95 bits per heavy atom. The van der Waals surface area contributed by atoms with Crippen LogP contribution in [0.3, 0.4) is 0 Å². The Hall–Kier alpha value is -0.0400. The van der Waals surface area contributed by atoms with Gasteiger partial charge in [0, 0.05) is 32.7 Å². The molecule has 0 saturated carbocycles. The monoisotopic (exact) mass is 410 g/mol. The lowest BCUT2D eigenvalue weighted by atomic mass is 10.0. The Bertz CT molecular complexity index is 281. The number of rotatable bonds is 7. The van der Waals surface area contributed by atoms with Crippen LogP contribution in [0.5, 0.6) is 0 Å². The van der Waals surface area contributed by atoms with Crippen LogP contribution in [0.25, 0.3) is 0 Å². The highest BCUT2D eigenvalue weighted by Crippen LogP contribution is 2.15. The van der Waals surface area contributed by atoms with E-state index in [9.17, 15) is 0 Å². The van der Waals surface area contributed by atoms with Gasteiger partial charge < -0.3 is 15.5 Å². The number of guanidine groups is 1. The van der Waals surface area contributed by atoms with Crippen LogP contribution in [0.4, 0.5) is 0 Å². The summed E-state index contributed by atoms with van der Waals surface area (Å²) in [6.45, 7) is 11.3. The van der Waals surface area contributed by atoms with Crippen molar-refractivity contribution in [3.8, 4) is 0 Å². The van der Waals surface area contributed by atoms with Gasteiger partial charge in [-0.2, -0.15) is 0 Å². The maximum atomic E-state index is 4.26. The van der Waals surface area contributed by atoms with Crippen LogP contribution in [0, 0.1) is 5.92 Å². The average molecular weight is 410 g/mol. The summed E-state index contributed by atoms with van der Waals surface area (Å²) in [6, 6.07) is 0.771. The molecule has 2 N–H and O–H groups in total. The van der Waals surface area contributed by atoms with E-state index in [1.54, 1.807) is 0 Å². The normalized spacial score (nSPS) is 20.2. The highest BCUT2D eigenvalue weighted by molar-refractivity contribution is 14.0. The molecule has 1 heterocycles. The molecule has 1 rings (SSSR count). The lowest BCUT2D eigenvalue weighted by Gasteiger charge is -2.33. The molecule has 21 heavy (non-hydrogen) atoms. The van der Waals surface area contributed by atoms with Crippen molar-refractivity contribution in [1.29, 1.82) is 0 Å². The minimum atomic E-state index is 0. The van der Waals surface area contributed by atoms with Crippen LogP contribution in [0.2, 0.25) is 0 Å². The molecule has 1 aliphatic rings. The molecule has 0 amide bonds. The maximum absolute atomic E-state index is 4.26. The van der Waals surface area contributed by atoms with Gasteiger partial charge in [0.25, 0.3) is 0 Å². The zero-order chi connectivity index (χ0) is 14.8. The Morgan fingerprint density at radius 1 is 1.24 bits per heavy atom. The van der Waals surface area contributed by atoms with Crippen molar-refractivity contribution < 1.29 is 0 Å². The fourth-order valence-corrected chi connectivity index (χ4v) is 2.68. The van der Waals surface area contributed by atoms with Crippen molar-refractivity contribution >= 4 is 29.9 Å². The van der Waals surface area contributed by atoms with Crippen molar-refractivity contribution in [3.05, 3.63) is 0 Å². The number of halogens is 1. The summed E-state index contributed by atoms with van der Waals surface area (Å²) in [5.74, 6) is 1.68. The van der Waals surface area contributed by atoms with Gasteiger partial charge in [0.15, 0.2) is 5.96 Å². The zero-order valence-corrected chi connectivity index (χ0v) is 16.7. The van der Waals surface area contributed by atoms with Crippen LogP contribution in [0.1, 0.15) is 52.9 Å². The SMILES string of the molecule is CN=C(NCCCN1CCCCC1C)NCCC(C)C.I. The summed E-state index contributed by atoms with van der Waals surface area (Å²) in [4.78, 5) is 6.89. The van der Waals surface area contributed by atoms with E-state index >= 15 is 0 Å². The van der Waals surface area contributed by atoms with E-state index in [4.69, 9.17) is 0 Å². The van der Waals surface area contributed by atoms with E-state index in [0.29, 0.717) is 0 Å². The molecular weight excluding hydrogens is 375 g/mol. The van der Waals surface area contributed by atoms with Gasteiger partial charge in [-0.25, -0.2) is 0 Å². The highest BCUT2D eigenvalue weighted by atomic mass is 127. The molecule has 126 valence electrons. The number of hydrogen-bond donors (Lipinski definition) is 2. The number of likely N-dealkylation sites (tertiary alicyclic amines) is 1. The van der Waals surface area contributed by atoms with Gasteiger partial charge in [0.1, 0.15) is 0 Å². The molecule has 0 aromatic heterocycles. The predicted molar refractivity (Wildman–Crippen MR) is 104 cm³/mol. The van der Waals surface area contributed by atoms with Crippen LogP contribution in [-0.4, -0.2) is 50.1 Å². The smallest absolute Gasteiger partial charge is 0.190 e. The Kier molecular flexibility index (Phi) is 12.5. The third-order valence-electron chi connectivity index (χ3n) is 4.09. The van der Waals surface area contributed by atoms with Crippen LogP contribution >= 0.6 is 24.0 Å². The largest absolute Gasteiger partial charge is 0.356 e. The number of nitrogens with zero attached hydrogens (tertiary/aromatic N) is 2. The number of piperidine rings is 1. The van der Waals surface area contributed by atoms with Crippen LogP contribution in [0.15, 0.2) is 4.99 Å². The van der Waals surface area contributed by atoms with Crippen LogP contribution < -0.4 is 10.6 Å². The topological polar surface area (TPSA) is 39.7 Å². The van der Waals surface area contributed by atoms with E-state index in [0.717, 1.165) is 31.0 Å². The molecule has 1 unspecified atom stereocenters. The Labute approximate surface area is 148 Å². The molecule has 0 spiro atoms. The van der Waals surface area contributed by atoms with Gasteiger partial charge in [-0.15, -0.1) is 24.0 Å². The third kappa shape index (κ3) is 9.55. The molecule has 0 aromatic rings. The number of aliphatic imine (C=N–C) groups is 1. The fourth-order valence-electron chi connectivity index (χ4n) is 2.68. The van der Waals surface area contributed by atoms with Crippen molar-refractivity contribution in [2.45, 2.75) is 58.9 Å². The van der Waals surface area contributed by atoms with Crippen molar-refractivity contribution in [1.82, 2.24) is 15.5 Å². The van der Waals surface area contributed by atoms with E-state index in [-0.39, 0.29) is 24.0 Å². The maximum Gasteiger partial charge on any atom is 0.190 e. The molecular formula is C16H35IN4. The summed E-state index contributed by atoms with van der Waals surface area (Å²) in [6.07, 6.45) is 6.52. The van der Waals surface area contributed by atoms with Gasteiger partial charge in [-0.05, 0) is 45.1 Å². The molecule has 0 bridgehead atoms. The lowest BCUT2D eigenvalue weighted by molar-refractivity contribution is 0.159. The summed E-state index contributed by atoms with van der Waals surface area (Å²) >= 11 is 0. The second-order valence-corrected chi connectivity index (χ2v) is 6.34. The average Bonchev–Trinajstić information content (AvgIpc) is 2.43. The van der Waals surface area contributed by atoms with Gasteiger partial charge in [0.2, 0.25) is 0 Å². The molecule has 4 nitrogen and oxygen atoms in total. The molecule has 1 aliphatic heterocycles. The summed E-state index contributed by atoms with van der Waals surface area (Å²) in [7, 11) is 1.84. The summed E-state index contributed by atoms with van der Waals surface area (Å²) < 4.78 is 0. The van der Waals surface area contributed by atoms with Crippen molar-refractivity contribution in [2.24, 2.45) is 10.9 Å². The predicted octanol–water partition coefficient (Wildman–Crippen LogP) is 3.08. The molecule has 1 fully saturated rings. The highest BCUT2D eigenvalue weighted by Gasteiger charge is 2.16. The van der Waals surface area contributed by atoms with Crippen LogP contribution in [-0.2, 0) is 0 Å². The second-order valence-electron chi connectivity index (χ2n) is 6.34. The molecule has 5 heteroatoms. The first kappa shape index (κ1) is 21.0. The standard InChI is InChI=1S/C16H34N4.HI/c1-14(2)9-11-19-16(17-4)18-10-7-13-20-12-6-5-8-15(20)3;/h14-15H,5-13H2,1-4H3,(H2,17,18,19);1H. The van der Waals surface area contributed by atoms with Crippen molar-refractivity contribution in [3.63, 3.8) is 0 Å².